The number of carbonyl (C=O) groups excluding carboxylic acids is 2. The predicted octanol–water partition coefficient (Wildman–Crippen LogP) is 0.347. The summed E-state index contributed by atoms with van der Waals surface area (Å²) in [6.45, 7) is 5.89. The number of amides is 3. The van der Waals surface area contributed by atoms with E-state index in [2.05, 4.69) is 10.6 Å². The first-order valence-corrected chi connectivity index (χ1v) is 6.37. The quantitative estimate of drug-likeness (QED) is 0.505. The number of aliphatic hydroxyl groups is 1. The highest BCUT2D eigenvalue weighted by Crippen LogP contribution is 2.06. The fraction of sp³-hybridized carbons (Fsp3) is 0.833. The topological polar surface area (TPSA) is 104 Å². The molecule has 0 heterocycles. The van der Waals surface area contributed by atoms with Crippen LogP contribution in [0, 0.1) is 5.92 Å². The molecular weight excluding hydrogens is 234 g/mol. The maximum Gasteiger partial charge on any atom is 0.312 e. The van der Waals surface area contributed by atoms with Crippen LogP contribution in [0.4, 0.5) is 4.79 Å². The van der Waals surface area contributed by atoms with Gasteiger partial charge in [-0.05, 0) is 25.2 Å². The minimum Gasteiger partial charge on any atom is -0.396 e. The van der Waals surface area contributed by atoms with Crippen LogP contribution in [0.5, 0.6) is 0 Å². The highest BCUT2D eigenvalue weighted by molar-refractivity contribution is 5.86. The van der Waals surface area contributed by atoms with Gasteiger partial charge in [0.1, 0.15) is 6.04 Å². The lowest BCUT2D eigenvalue weighted by Crippen LogP contribution is -2.51. The molecule has 6 nitrogen and oxygen atoms in total. The number of nitrogens with two attached hydrogens (primary N) is 1. The van der Waals surface area contributed by atoms with Crippen molar-refractivity contribution in [3.8, 4) is 0 Å². The van der Waals surface area contributed by atoms with Gasteiger partial charge in [-0.25, -0.2) is 4.79 Å². The van der Waals surface area contributed by atoms with E-state index in [1.165, 1.54) is 0 Å². The van der Waals surface area contributed by atoms with E-state index >= 15 is 0 Å². The van der Waals surface area contributed by atoms with Gasteiger partial charge < -0.3 is 21.5 Å². The van der Waals surface area contributed by atoms with Crippen LogP contribution in [-0.4, -0.2) is 35.7 Å². The molecule has 106 valence electrons. The minimum atomic E-state index is -0.703. The predicted molar refractivity (Wildman–Crippen MR) is 69.9 cm³/mol. The molecule has 2 atom stereocenters. The Morgan fingerprint density at radius 2 is 1.89 bits per heavy atom. The summed E-state index contributed by atoms with van der Waals surface area (Å²) in [6.07, 6.45) is 1.77. The van der Waals surface area contributed by atoms with E-state index in [1.807, 2.05) is 20.8 Å². The van der Waals surface area contributed by atoms with Gasteiger partial charge in [0.05, 0.1) is 0 Å². The minimum absolute atomic E-state index is 0.0247. The average molecular weight is 259 g/mol. The molecule has 6 heteroatoms. The number of carbonyl (C=O) groups is 2. The molecule has 0 aliphatic carbocycles. The van der Waals surface area contributed by atoms with Gasteiger partial charge in [0, 0.05) is 12.6 Å². The largest absolute Gasteiger partial charge is 0.396 e. The molecule has 0 aliphatic heterocycles. The second-order valence-corrected chi connectivity index (χ2v) is 4.82. The first-order valence-electron chi connectivity index (χ1n) is 6.37. The zero-order valence-electron chi connectivity index (χ0n) is 11.4. The molecule has 0 bridgehead atoms. The molecule has 2 unspecified atom stereocenters. The second-order valence-electron chi connectivity index (χ2n) is 4.82. The molecular formula is C12H25N3O3. The standard InChI is InChI=1S/C12H25N3O3/c1-4-9(5-6-16)14-11(17)10(7-8(2)3)15-12(13)18/h8-10,16H,4-7H2,1-3H3,(H,14,17)(H3,13,15,18). The van der Waals surface area contributed by atoms with Crippen LogP contribution in [0.25, 0.3) is 0 Å². The average Bonchev–Trinajstić information content (AvgIpc) is 2.26. The Morgan fingerprint density at radius 3 is 2.28 bits per heavy atom. The molecule has 0 aromatic rings. The number of aliphatic hydroxyl groups excluding tert-OH is 1. The summed E-state index contributed by atoms with van der Waals surface area (Å²) in [6, 6.07) is -1.40. The maximum absolute atomic E-state index is 12.0. The third kappa shape index (κ3) is 7.11. The number of urea groups is 1. The lowest BCUT2D eigenvalue weighted by Gasteiger charge is -2.22. The Bertz CT molecular complexity index is 269. The van der Waals surface area contributed by atoms with E-state index in [-0.39, 0.29) is 24.5 Å². The number of rotatable bonds is 8. The van der Waals surface area contributed by atoms with Crippen LogP contribution in [0.3, 0.4) is 0 Å². The summed E-state index contributed by atoms with van der Waals surface area (Å²) in [7, 11) is 0. The summed E-state index contributed by atoms with van der Waals surface area (Å²) in [5.41, 5.74) is 5.06. The number of nitrogens with one attached hydrogen (secondary N) is 2. The Morgan fingerprint density at radius 1 is 1.28 bits per heavy atom. The van der Waals surface area contributed by atoms with Crippen molar-refractivity contribution in [1.29, 1.82) is 0 Å². The fourth-order valence-corrected chi connectivity index (χ4v) is 1.71. The number of primary amides is 1. The molecule has 18 heavy (non-hydrogen) atoms. The van der Waals surface area contributed by atoms with Gasteiger partial charge in [-0.15, -0.1) is 0 Å². The van der Waals surface area contributed by atoms with Crippen LogP contribution in [0.2, 0.25) is 0 Å². The highest BCUT2D eigenvalue weighted by Gasteiger charge is 2.22. The molecule has 0 rings (SSSR count). The summed E-state index contributed by atoms with van der Waals surface area (Å²) < 4.78 is 0. The van der Waals surface area contributed by atoms with Crippen molar-refractivity contribution in [3.05, 3.63) is 0 Å². The van der Waals surface area contributed by atoms with Gasteiger partial charge >= 0.3 is 6.03 Å². The normalized spacial score (nSPS) is 14.1. The zero-order chi connectivity index (χ0) is 14.1. The highest BCUT2D eigenvalue weighted by atomic mass is 16.3. The van der Waals surface area contributed by atoms with E-state index in [0.29, 0.717) is 12.8 Å². The zero-order valence-corrected chi connectivity index (χ0v) is 11.4. The van der Waals surface area contributed by atoms with Crippen LogP contribution in [0.15, 0.2) is 0 Å². The lowest BCUT2D eigenvalue weighted by molar-refractivity contribution is -0.124. The Kier molecular flexibility index (Phi) is 8.11. The van der Waals surface area contributed by atoms with E-state index in [0.717, 1.165) is 6.42 Å². The van der Waals surface area contributed by atoms with Crippen molar-refractivity contribution < 1.29 is 14.7 Å². The molecule has 0 fully saturated rings. The summed E-state index contributed by atoms with van der Waals surface area (Å²) in [4.78, 5) is 22.9. The van der Waals surface area contributed by atoms with Gasteiger partial charge in [-0.2, -0.15) is 0 Å². The van der Waals surface area contributed by atoms with Gasteiger partial charge in [0.25, 0.3) is 0 Å². The smallest absolute Gasteiger partial charge is 0.312 e. The Labute approximate surface area is 108 Å². The molecule has 0 aliphatic rings. The molecule has 0 saturated carbocycles. The number of hydrogen-bond donors (Lipinski definition) is 4. The first kappa shape index (κ1) is 16.7. The van der Waals surface area contributed by atoms with Crippen LogP contribution < -0.4 is 16.4 Å². The monoisotopic (exact) mass is 259 g/mol. The van der Waals surface area contributed by atoms with E-state index in [4.69, 9.17) is 10.8 Å². The van der Waals surface area contributed by atoms with Gasteiger partial charge in [-0.1, -0.05) is 20.8 Å². The summed E-state index contributed by atoms with van der Waals surface area (Å²) in [5, 5.41) is 14.1. The van der Waals surface area contributed by atoms with Crippen molar-refractivity contribution in [1.82, 2.24) is 10.6 Å². The third-order valence-electron chi connectivity index (χ3n) is 2.66. The van der Waals surface area contributed by atoms with Gasteiger partial charge in [0.2, 0.25) is 5.91 Å². The van der Waals surface area contributed by atoms with Crippen molar-refractivity contribution in [2.24, 2.45) is 11.7 Å². The number of hydrogen-bond acceptors (Lipinski definition) is 3. The summed E-state index contributed by atoms with van der Waals surface area (Å²) >= 11 is 0. The van der Waals surface area contributed by atoms with E-state index < -0.39 is 12.1 Å². The molecule has 0 spiro atoms. The van der Waals surface area contributed by atoms with E-state index in [9.17, 15) is 9.59 Å². The lowest BCUT2D eigenvalue weighted by atomic mass is 10.0. The van der Waals surface area contributed by atoms with E-state index in [1.54, 1.807) is 0 Å². The molecule has 0 saturated heterocycles. The Hall–Kier alpha value is -1.30. The van der Waals surface area contributed by atoms with Gasteiger partial charge in [0.15, 0.2) is 0 Å². The molecule has 5 N–H and O–H groups in total. The molecule has 0 aromatic heterocycles. The van der Waals surface area contributed by atoms with Crippen molar-refractivity contribution >= 4 is 11.9 Å². The summed E-state index contributed by atoms with van der Waals surface area (Å²) in [5.74, 6) is 0.0216. The fourth-order valence-electron chi connectivity index (χ4n) is 1.71. The molecule has 0 radical (unpaired) electrons. The van der Waals surface area contributed by atoms with Gasteiger partial charge in [-0.3, -0.25) is 4.79 Å². The van der Waals surface area contributed by atoms with Crippen molar-refractivity contribution in [3.63, 3.8) is 0 Å². The Balaban J connectivity index is 4.47. The first-order chi connectivity index (χ1) is 8.40. The SMILES string of the molecule is CCC(CCO)NC(=O)C(CC(C)C)NC(N)=O. The van der Waals surface area contributed by atoms with Crippen molar-refractivity contribution in [2.45, 2.75) is 52.1 Å². The molecule has 3 amide bonds. The second kappa shape index (κ2) is 8.74. The maximum atomic E-state index is 12.0. The van der Waals surface area contributed by atoms with Crippen LogP contribution >= 0.6 is 0 Å². The van der Waals surface area contributed by atoms with Crippen LogP contribution in [0.1, 0.15) is 40.0 Å². The van der Waals surface area contributed by atoms with Crippen LogP contribution in [-0.2, 0) is 4.79 Å². The van der Waals surface area contributed by atoms with Crippen molar-refractivity contribution in [2.75, 3.05) is 6.61 Å². The third-order valence-corrected chi connectivity index (χ3v) is 2.66. The molecule has 0 aromatic carbocycles.